The van der Waals surface area contributed by atoms with E-state index >= 15 is 0 Å². The third-order valence-corrected chi connectivity index (χ3v) is 4.77. The fourth-order valence-electron chi connectivity index (χ4n) is 3.33. The van der Waals surface area contributed by atoms with Gasteiger partial charge in [-0.05, 0) is 48.4 Å². The maximum Gasteiger partial charge on any atom is 0.253 e. The van der Waals surface area contributed by atoms with Gasteiger partial charge >= 0.3 is 0 Å². The molecule has 114 valence electrons. The van der Waals surface area contributed by atoms with Crippen molar-refractivity contribution < 1.29 is 4.79 Å². The third-order valence-electron chi connectivity index (χ3n) is 4.77. The summed E-state index contributed by atoms with van der Waals surface area (Å²) in [5, 5.41) is 0. The Morgan fingerprint density at radius 2 is 1.59 bits per heavy atom. The number of carbonyl (C=O) groups excluding carboxylic acids is 1. The van der Waals surface area contributed by atoms with Crippen molar-refractivity contribution in [3.63, 3.8) is 0 Å². The average Bonchev–Trinajstić information content (AvgIpc) is 3.01. The first-order chi connectivity index (χ1) is 10.6. The molecule has 0 spiro atoms. The summed E-state index contributed by atoms with van der Waals surface area (Å²) in [6.07, 6.45) is 3.49. The number of amides is 1. The molecule has 2 aromatic rings. The Morgan fingerprint density at radius 3 is 2.18 bits per heavy atom. The van der Waals surface area contributed by atoms with Gasteiger partial charge in [-0.3, -0.25) is 4.79 Å². The Hall–Kier alpha value is -2.09. The van der Waals surface area contributed by atoms with Crippen LogP contribution in [0.3, 0.4) is 0 Å². The van der Waals surface area contributed by atoms with Crippen molar-refractivity contribution in [2.75, 3.05) is 7.05 Å². The van der Waals surface area contributed by atoms with Gasteiger partial charge in [0.2, 0.25) is 0 Å². The van der Waals surface area contributed by atoms with Crippen LogP contribution in [0.5, 0.6) is 0 Å². The highest BCUT2D eigenvalue weighted by atomic mass is 16.2. The van der Waals surface area contributed by atoms with E-state index in [0.717, 1.165) is 29.9 Å². The second-order valence-electron chi connectivity index (χ2n) is 6.43. The number of carbonyl (C=O) groups is 1. The van der Waals surface area contributed by atoms with Crippen molar-refractivity contribution in [1.82, 2.24) is 4.90 Å². The smallest absolute Gasteiger partial charge is 0.253 e. The quantitative estimate of drug-likeness (QED) is 0.809. The van der Waals surface area contributed by atoms with Crippen LogP contribution in [-0.4, -0.2) is 23.9 Å². The molecule has 0 aliphatic heterocycles. The third kappa shape index (κ3) is 3.06. The lowest BCUT2D eigenvalue weighted by atomic mass is 10.0. The molecule has 1 aliphatic carbocycles. The molecule has 2 nitrogen and oxygen atoms in total. The van der Waals surface area contributed by atoms with Crippen LogP contribution >= 0.6 is 0 Å². The number of nitrogens with zero attached hydrogens (tertiary/aromatic N) is 1. The molecule has 3 rings (SSSR count). The van der Waals surface area contributed by atoms with E-state index < -0.39 is 0 Å². The van der Waals surface area contributed by atoms with Crippen molar-refractivity contribution in [3.05, 3.63) is 60.2 Å². The van der Waals surface area contributed by atoms with Crippen LogP contribution in [0.4, 0.5) is 0 Å². The summed E-state index contributed by atoms with van der Waals surface area (Å²) in [5.41, 5.74) is 3.11. The molecule has 2 aromatic carbocycles. The van der Waals surface area contributed by atoms with Gasteiger partial charge in [0.25, 0.3) is 5.91 Å². The first-order valence-electron chi connectivity index (χ1n) is 8.08. The van der Waals surface area contributed by atoms with Gasteiger partial charge in [0.15, 0.2) is 0 Å². The normalized spacial score (nSPS) is 20.8. The Labute approximate surface area is 132 Å². The first kappa shape index (κ1) is 14.8. The van der Waals surface area contributed by atoms with Crippen molar-refractivity contribution in [2.45, 2.75) is 32.2 Å². The zero-order valence-electron chi connectivity index (χ0n) is 13.3. The van der Waals surface area contributed by atoms with E-state index in [2.05, 4.69) is 19.1 Å². The van der Waals surface area contributed by atoms with Gasteiger partial charge in [-0.25, -0.2) is 0 Å². The number of hydrogen-bond donors (Lipinski definition) is 0. The topological polar surface area (TPSA) is 20.3 Å². The highest BCUT2D eigenvalue weighted by molar-refractivity contribution is 5.94. The SMILES string of the molecule is CC1CCC(N(C)C(=O)c2ccc(-c3ccccc3)cc2)C1. The lowest BCUT2D eigenvalue weighted by molar-refractivity contribution is 0.0733. The van der Waals surface area contributed by atoms with Crippen molar-refractivity contribution in [2.24, 2.45) is 5.92 Å². The lowest BCUT2D eigenvalue weighted by Gasteiger charge is -2.24. The largest absolute Gasteiger partial charge is 0.339 e. The van der Waals surface area contributed by atoms with E-state index in [0.29, 0.717) is 6.04 Å². The van der Waals surface area contributed by atoms with Crippen LogP contribution in [-0.2, 0) is 0 Å². The minimum atomic E-state index is 0.138. The molecule has 1 saturated carbocycles. The molecule has 1 fully saturated rings. The average molecular weight is 293 g/mol. The minimum absolute atomic E-state index is 0.138. The van der Waals surface area contributed by atoms with Crippen LogP contribution in [0.15, 0.2) is 54.6 Å². The lowest BCUT2D eigenvalue weighted by Crippen LogP contribution is -2.35. The van der Waals surface area contributed by atoms with Crippen LogP contribution < -0.4 is 0 Å². The van der Waals surface area contributed by atoms with Gasteiger partial charge < -0.3 is 4.90 Å². The molecule has 0 N–H and O–H groups in total. The molecular formula is C20H23NO. The maximum absolute atomic E-state index is 12.6. The van der Waals surface area contributed by atoms with Gasteiger partial charge in [0.05, 0.1) is 0 Å². The fraction of sp³-hybridized carbons (Fsp3) is 0.350. The zero-order chi connectivity index (χ0) is 15.5. The van der Waals surface area contributed by atoms with Crippen LogP contribution in [0.1, 0.15) is 36.5 Å². The van der Waals surface area contributed by atoms with Gasteiger partial charge in [-0.15, -0.1) is 0 Å². The van der Waals surface area contributed by atoms with Crippen molar-refractivity contribution >= 4 is 5.91 Å². The van der Waals surface area contributed by atoms with E-state index in [1.807, 2.05) is 54.4 Å². The molecular weight excluding hydrogens is 270 g/mol. The van der Waals surface area contributed by atoms with Gasteiger partial charge in [-0.2, -0.15) is 0 Å². The Balaban J connectivity index is 1.74. The molecule has 0 radical (unpaired) electrons. The molecule has 0 aromatic heterocycles. The molecule has 2 heteroatoms. The number of benzene rings is 2. The predicted octanol–water partition coefficient (Wildman–Crippen LogP) is 4.61. The van der Waals surface area contributed by atoms with E-state index in [1.54, 1.807) is 0 Å². The molecule has 22 heavy (non-hydrogen) atoms. The summed E-state index contributed by atoms with van der Waals surface area (Å²) in [5.74, 6) is 0.874. The monoisotopic (exact) mass is 293 g/mol. The Kier molecular flexibility index (Phi) is 4.28. The minimum Gasteiger partial charge on any atom is -0.339 e. The predicted molar refractivity (Wildman–Crippen MR) is 90.8 cm³/mol. The second-order valence-corrected chi connectivity index (χ2v) is 6.43. The highest BCUT2D eigenvalue weighted by Gasteiger charge is 2.27. The standard InChI is InChI=1S/C20H23NO/c1-15-8-13-19(14-15)21(2)20(22)18-11-9-17(10-12-18)16-6-4-3-5-7-16/h3-7,9-12,15,19H,8,13-14H2,1-2H3. The summed E-state index contributed by atoms with van der Waals surface area (Å²) in [6, 6.07) is 18.6. The van der Waals surface area contributed by atoms with Gasteiger partial charge in [-0.1, -0.05) is 49.4 Å². The van der Waals surface area contributed by atoms with E-state index in [1.165, 1.54) is 12.0 Å². The molecule has 1 aliphatic rings. The molecule has 1 amide bonds. The van der Waals surface area contributed by atoms with Crippen LogP contribution in [0, 0.1) is 5.92 Å². The molecule has 2 unspecified atom stereocenters. The highest BCUT2D eigenvalue weighted by Crippen LogP contribution is 2.29. The summed E-state index contributed by atoms with van der Waals surface area (Å²) >= 11 is 0. The summed E-state index contributed by atoms with van der Waals surface area (Å²) in [6.45, 7) is 2.27. The van der Waals surface area contributed by atoms with Crippen LogP contribution in [0.25, 0.3) is 11.1 Å². The van der Waals surface area contributed by atoms with Gasteiger partial charge in [0.1, 0.15) is 0 Å². The number of rotatable bonds is 3. The van der Waals surface area contributed by atoms with E-state index in [4.69, 9.17) is 0 Å². The van der Waals surface area contributed by atoms with E-state index in [-0.39, 0.29) is 5.91 Å². The molecule has 0 saturated heterocycles. The summed E-state index contributed by atoms with van der Waals surface area (Å²) in [4.78, 5) is 14.5. The van der Waals surface area contributed by atoms with Crippen molar-refractivity contribution in [3.8, 4) is 11.1 Å². The Bertz CT molecular complexity index is 633. The fourth-order valence-corrected chi connectivity index (χ4v) is 3.33. The molecule has 2 atom stereocenters. The first-order valence-corrected chi connectivity index (χ1v) is 8.08. The maximum atomic E-state index is 12.6. The molecule has 0 heterocycles. The Morgan fingerprint density at radius 1 is 0.955 bits per heavy atom. The number of hydrogen-bond acceptors (Lipinski definition) is 1. The van der Waals surface area contributed by atoms with Gasteiger partial charge in [0, 0.05) is 18.7 Å². The van der Waals surface area contributed by atoms with Crippen molar-refractivity contribution in [1.29, 1.82) is 0 Å². The zero-order valence-corrected chi connectivity index (χ0v) is 13.3. The van der Waals surface area contributed by atoms with E-state index in [9.17, 15) is 4.79 Å². The van der Waals surface area contributed by atoms with Crippen LogP contribution in [0.2, 0.25) is 0 Å². The second kappa shape index (κ2) is 6.35. The summed E-state index contributed by atoms with van der Waals surface area (Å²) < 4.78 is 0. The molecule has 0 bridgehead atoms. The summed E-state index contributed by atoms with van der Waals surface area (Å²) in [7, 11) is 1.94.